The molecule has 0 radical (unpaired) electrons. The SMILES string of the molecule is CC(CN(C)C)C(O)(c1ccccc1)c1ccccc1.O=C(O)c1ccccc1. The molecule has 4 nitrogen and oxygen atoms in total. The topological polar surface area (TPSA) is 60.8 Å². The first-order chi connectivity index (χ1) is 13.9. The van der Waals surface area contributed by atoms with Gasteiger partial charge in [-0.1, -0.05) is 85.8 Å². The average Bonchev–Trinajstić information content (AvgIpc) is 2.75. The minimum atomic E-state index is -0.965. The third-order valence-electron chi connectivity index (χ3n) is 4.80. The molecule has 3 rings (SSSR count). The summed E-state index contributed by atoms with van der Waals surface area (Å²) in [6, 6.07) is 28.2. The summed E-state index contributed by atoms with van der Waals surface area (Å²) in [6.45, 7) is 2.92. The maximum absolute atomic E-state index is 11.4. The minimum absolute atomic E-state index is 0.0855. The van der Waals surface area contributed by atoms with E-state index in [2.05, 4.69) is 11.8 Å². The van der Waals surface area contributed by atoms with Crippen LogP contribution in [-0.4, -0.2) is 41.7 Å². The van der Waals surface area contributed by atoms with Gasteiger partial charge in [0.25, 0.3) is 0 Å². The molecule has 0 aliphatic heterocycles. The number of carbonyl (C=O) groups is 1. The lowest BCUT2D eigenvalue weighted by Gasteiger charge is -2.36. The van der Waals surface area contributed by atoms with Gasteiger partial charge in [0.05, 0.1) is 5.56 Å². The molecule has 3 aromatic rings. The Morgan fingerprint density at radius 2 is 1.21 bits per heavy atom. The fraction of sp³-hybridized carbons (Fsp3) is 0.240. The first-order valence-electron chi connectivity index (χ1n) is 9.62. The van der Waals surface area contributed by atoms with E-state index in [1.807, 2.05) is 74.8 Å². The van der Waals surface area contributed by atoms with Crippen LogP contribution in [0.4, 0.5) is 0 Å². The fourth-order valence-electron chi connectivity index (χ4n) is 3.38. The molecule has 0 saturated heterocycles. The number of carboxylic acids is 1. The molecule has 4 heteroatoms. The first kappa shape index (κ1) is 22.3. The molecule has 0 fully saturated rings. The van der Waals surface area contributed by atoms with Crippen molar-refractivity contribution >= 4 is 5.97 Å². The van der Waals surface area contributed by atoms with Crippen LogP contribution in [0.5, 0.6) is 0 Å². The molecule has 152 valence electrons. The number of aromatic carboxylic acids is 1. The molecule has 0 saturated carbocycles. The van der Waals surface area contributed by atoms with Gasteiger partial charge in [-0.15, -0.1) is 0 Å². The fourth-order valence-corrected chi connectivity index (χ4v) is 3.38. The molecule has 0 aliphatic carbocycles. The molecule has 0 heterocycles. The van der Waals surface area contributed by atoms with Crippen LogP contribution in [0.25, 0.3) is 0 Å². The molecule has 0 bridgehead atoms. The minimum Gasteiger partial charge on any atom is -0.478 e. The third kappa shape index (κ3) is 6.01. The van der Waals surface area contributed by atoms with E-state index in [9.17, 15) is 9.90 Å². The van der Waals surface area contributed by atoms with Crippen molar-refractivity contribution in [1.29, 1.82) is 0 Å². The summed E-state index contributed by atoms with van der Waals surface area (Å²) in [5.41, 5.74) is 1.26. The van der Waals surface area contributed by atoms with E-state index in [-0.39, 0.29) is 5.92 Å². The number of hydrogen-bond acceptors (Lipinski definition) is 3. The van der Waals surface area contributed by atoms with E-state index in [1.165, 1.54) is 0 Å². The van der Waals surface area contributed by atoms with Crippen molar-refractivity contribution in [3.8, 4) is 0 Å². The number of benzene rings is 3. The van der Waals surface area contributed by atoms with Gasteiger partial charge in [0.2, 0.25) is 0 Å². The van der Waals surface area contributed by atoms with Crippen molar-refractivity contribution in [1.82, 2.24) is 4.90 Å². The van der Waals surface area contributed by atoms with Gasteiger partial charge < -0.3 is 15.1 Å². The lowest BCUT2D eigenvalue weighted by molar-refractivity contribution is 0.0134. The second kappa shape index (κ2) is 10.6. The predicted octanol–water partition coefficient (Wildman–Crippen LogP) is 4.51. The summed E-state index contributed by atoms with van der Waals surface area (Å²) >= 11 is 0. The molecule has 2 N–H and O–H groups in total. The Kier molecular flexibility index (Phi) is 8.13. The predicted molar refractivity (Wildman–Crippen MR) is 117 cm³/mol. The van der Waals surface area contributed by atoms with Gasteiger partial charge in [0.15, 0.2) is 0 Å². The number of rotatable bonds is 6. The summed E-state index contributed by atoms with van der Waals surface area (Å²) in [5.74, 6) is -0.794. The number of hydrogen-bond donors (Lipinski definition) is 2. The molecular formula is C25H29NO3. The number of aliphatic hydroxyl groups is 1. The average molecular weight is 392 g/mol. The zero-order chi connectivity index (χ0) is 21.3. The molecule has 0 amide bonds. The van der Waals surface area contributed by atoms with Crippen LogP contribution in [0, 0.1) is 5.92 Å². The van der Waals surface area contributed by atoms with E-state index >= 15 is 0 Å². The quantitative estimate of drug-likeness (QED) is 0.649. The van der Waals surface area contributed by atoms with Gasteiger partial charge >= 0.3 is 5.97 Å². The summed E-state index contributed by atoms with van der Waals surface area (Å²) in [5, 5.41) is 19.8. The van der Waals surface area contributed by atoms with Crippen LogP contribution in [0.15, 0.2) is 91.0 Å². The molecule has 0 spiro atoms. The maximum atomic E-state index is 11.4. The smallest absolute Gasteiger partial charge is 0.335 e. The Bertz CT molecular complexity index is 825. The van der Waals surface area contributed by atoms with Crippen LogP contribution >= 0.6 is 0 Å². The highest BCUT2D eigenvalue weighted by Crippen LogP contribution is 2.36. The Balaban J connectivity index is 0.000000278. The Hall–Kier alpha value is -2.95. The van der Waals surface area contributed by atoms with E-state index < -0.39 is 11.6 Å². The van der Waals surface area contributed by atoms with Crippen molar-refractivity contribution in [2.45, 2.75) is 12.5 Å². The Morgan fingerprint density at radius 3 is 1.52 bits per heavy atom. The van der Waals surface area contributed by atoms with Crippen molar-refractivity contribution < 1.29 is 15.0 Å². The monoisotopic (exact) mass is 391 g/mol. The van der Waals surface area contributed by atoms with Crippen molar-refractivity contribution in [2.24, 2.45) is 5.92 Å². The van der Waals surface area contributed by atoms with Gasteiger partial charge in [0.1, 0.15) is 5.60 Å². The highest BCUT2D eigenvalue weighted by molar-refractivity contribution is 5.87. The van der Waals surface area contributed by atoms with Gasteiger partial charge in [-0.2, -0.15) is 0 Å². The first-order valence-corrected chi connectivity index (χ1v) is 9.62. The van der Waals surface area contributed by atoms with Crippen LogP contribution in [0.2, 0.25) is 0 Å². The maximum Gasteiger partial charge on any atom is 0.335 e. The van der Waals surface area contributed by atoms with Crippen LogP contribution in [0.3, 0.4) is 0 Å². The highest BCUT2D eigenvalue weighted by Gasteiger charge is 2.37. The zero-order valence-corrected chi connectivity index (χ0v) is 17.2. The second-order valence-corrected chi connectivity index (χ2v) is 7.33. The van der Waals surface area contributed by atoms with Gasteiger partial charge in [-0.25, -0.2) is 4.79 Å². The van der Waals surface area contributed by atoms with Crippen molar-refractivity contribution in [3.63, 3.8) is 0 Å². The van der Waals surface area contributed by atoms with E-state index in [0.29, 0.717) is 5.56 Å². The molecular weight excluding hydrogens is 362 g/mol. The van der Waals surface area contributed by atoms with Gasteiger partial charge in [-0.3, -0.25) is 0 Å². The molecule has 0 aliphatic rings. The van der Waals surface area contributed by atoms with Gasteiger partial charge in [0, 0.05) is 12.5 Å². The van der Waals surface area contributed by atoms with Crippen LogP contribution in [0.1, 0.15) is 28.4 Å². The standard InChI is InChI=1S/C18H23NO.C7H6O2/c1-15(14-19(2)3)18(20,16-10-6-4-7-11-16)17-12-8-5-9-13-17;8-7(9)6-4-2-1-3-5-6/h4-13,15,20H,14H2,1-3H3;1-5H,(H,8,9). The zero-order valence-electron chi connectivity index (χ0n) is 17.2. The second-order valence-electron chi connectivity index (χ2n) is 7.33. The molecule has 1 atom stereocenters. The molecule has 29 heavy (non-hydrogen) atoms. The van der Waals surface area contributed by atoms with Gasteiger partial charge in [-0.05, 0) is 37.4 Å². The molecule has 3 aromatic carbocycles. The van der Waals surface area contributed by atoms with Crippen LogP contribution < -0.4 is 0 Å². The Labute approximate surface area is 173 Å². The molecule has 0 aromatic heterocycles. The number of nitrogens with zero attached hydrogens (tertiary/aromatic N) is 1. The van der Waals surface area contributed by atoms with E-state index in [1.54, 1.807) is 30.3 Å². The van der Waals surface area contributed by atoms with E-state index in [4.69, 9.17) is 5.11 Å². The summed E-state index contributed by atoms with van der Waals surface area (Å²) in [4.78, 5) is 12.3. The number of carboxylic acid groups (broad SMARTS) is 1. The largest absolute Gasteiger partial charge is 0.478 e. The lowest BCUT2D eigenvalue weighted by Crippen LogP contribution is -2.40. The summed E-state index contributed by atoms with van der Waals surface area (Å²) in [6.07, 6.45) is 0. The molecule has 1 unspecified atom stereocenters. The third-order valence-corrected chi connectivity index (χ3v) is 4.80. The van der Waals surface area contributed by atoms with Crippen LogP contribution in [-0.2, 0) is 5.60 Å². The van der Waals surface area contributed by atoms with E-state index in [0.717, 1.165) is 17.7 Å². The summed E-state index contributed by atoms with van der Waals surface area (Å²) in [7, 11) is 4.07. The Morgan fingerprint density at radius 1 is 0.828 bits per heavy atom. The van der Waals surface area contributed by atoms with Crippen molar-refractivity contribution in [3.05, 3.63) is 108 Å². The lowest BCUT2D eigenvalue weighted by atomic mass is 9.76. The highest BCUT2D eigenvalue weighted by atomic mass is 16.4. The summed E-state index contributed by atoms with van der Waals surface area (Å²) < 4.78 is 0. The normalized spacial score (nSPS) is 12.0. The van der Waals surface area contributed by atoms with Crippen molar-refractivity contribution in [2.75, 3.05) is 20.6 Å².